The summed E-state index contributed by atoms with van der Waals surface area (Å²) in [6.45, 7) is 0. The predicted octanol–water partition coefficient (Wildman–Crippen LogP) is 6.20. The summed E-state index contributed by atoms with van der Waals surface area (Å²) in [4.78, 5) is -0.635. The molecular weight excluding hydrogens is 519 g/mol. The van der Waals surface area contributed by atoms with Crippen molar-refractivity contribution < 1.29 is 25.2 Å². The fourth-order valence-corrected chi connectivity index (χ4v) is 5.97. The molecule has 6 nitrogen and oxygen atoms in total. The normalized spacial score (nSPS) is 11.7. The molecule has 0 saturated carbocycles. The lowest BCUT2D eigenvalue weighted by molar-refractivity contribution is 0.483. The maximum atomic E-state index is 13.2. The summed E-state index contributed by atoms with van der Waals surface area (Å²) >= 11 is 12.2. The molecule has 0 aliphatic rings. The van der Waals surface area contributed by atoms with Crippen molar-refractivity contribution in [3.05, 3.63) is 107 Å². The highest BCUT2D eigenvalue weighted by molar-refractivity contribution is 7.87. The van der Waals surface area contributed by atoms with Crippen LogP contribution in [0.3, 0.4) is 0 Å². The van der Waals surface area contributed by atoms with Gasteiger partial charge in [-0.05, 0) is 48.5 Å². The van der Waals surface area contributed by atoms with E-state index in [0.717, 1.165) is 0 Å². The summed E-state index contributed by atoms with van der Waals surface area (Å²) in [6, 6.07) is 23.9. The van der Waals surface area contributed by atoms with Crippen molar-refractivity contribution in [2.75, 3.05) is 0 Å². The van der Waals surface area contributed by atoms with Crippen LogP contribution in [0.1, 0.15) is 0 Å². The van der Waals surface area contributed by atoms with Gasteiger partial charge in [0.1, 0.15) is 21.3 Å². The van der Waals surface area contributed by atoms with Gasteiger partial charge in [0, 0.05) is 21.2 Å². The Labute approximate surface area is 207 Å². The van der Waals surface area contributed by atoms with E-state index in [2.05, 4.69) is 0 Å². The third-order valence-electron chi connectivity index (χ3n) is 4.61. The Kier molecular flexibility index (Phi) is 6.86. The first kappa shape index (κ1) is 24.1. The van der Waals surface area contributed by atoms with Gasteiger partial charge in [-0.2, -0.15) is 16.8 Å². The zero-order chi connectivity index (χ0) is 24.3. The number of hydrogen-bond acceptors (Lipinski definition) is 6. The van der Waals surface area contributed by atoms with Crippen LogP contribution in [0.5, 0.6) is 11.5 Å². The Morgan fingerprint density at radius 3 is 1.21 bits per heavy atom. The second-order valence-electron chi connectivity index (χ2n) is 6.98. The average molecular weight is 535 g/mol. The van der Waals surface area contributed by atoms with Crippen LogP contribution in [0, 0.1) is 0 Å². The van der Waals surface area contributed by atoms with Crippen LogP contribution in [-0.2, 0) is 20.2 Å². The molecule has 0 aliphatic heterocycles. The molecule has 0 bridgehead atoms. The Balaban J connectivity index is 1.87. The zero-order valence-corrected chi connectivity index (χ0v) is 20.4. The molecule has 0 heterocycles. The van der Waals surface area contributed by atoms with E-state index < -0.39 is 20.2 Å². The fraction of sp³-hybridized carbons (Fsp3) is 0. The lowest BCUT2D eigenvalue weighted by Crippen LogP contribution is -2.14. The number of para-hydroxylation sites is 2. The summed E-state index contributed by atoms with van der Waals surface area (Å²) in [7, 11) is -8.80. The van der Waals surface area contributed by atoms with Gasteiger partial charge in [-0.25, -0.2) is 0 Å². The molecule has 0 fully saturated rings. The quantitative estimate of drug-likeness (QED) is 0.262. The first-order valence-electron chi connectivity index (χ1n) is 9.74. The van der Waals surface area contributed by atoms with Crippen LogP contribution in [0.2, 0.25) is 10.0 Å². The predicted molar refractivity (Wildman–Crippen MR) is 130 cm³/mol. The highest BCUT2D eigenvalue weighted by Crippen LogP contribution is 2.37. The molecule has 0 atom stereocenters. The highest BCUT2D eigenvalue weighted by atomic mass is 35.5. The highest BCUT2D eigenvalue weighted by Gasteiger charge is 2.28. The van der Waals surface area contributed by atoms with E-state index in [4.69, 9.17) is 31.6 Å². The molecule has 0 unspecified atom stereocenters. The topological polar surface area (TPSA) is 86.7 Å². The third kappa shape index (κ3) is 5.37. The van der Waals surface area contributed by atoms with E-state index in [9.17, 15) is 16.8 Å². The molecular formula is C24H16Cl2O6S2. The van der Waals surface area contributed by atoms with Gasteiger partial charge in [0.2, 0.25) is 0 Å². The summed E-state index contributed by atoms with van der Waals surface area (Å²) in [5, 5.41) is 0.246. The number of hydrogen-bond donors (Lipinski definition) is 0. The SMILES string of the molecule is O=S(=O)(Oc1ccccc1)c1cc(Cl)ccc1-c1ccc(Cl)cc1S(=O)(=O)Oc1ccccc1. The van der Waals surface area contributed by atoms with Crippen LogP contribution < -0.4 is 8.37 Å². The maximum Gasteiger partial charge on any atom is 0.339 e. The Morgan fingerprint density at radius 1 is 0.500 bits per heavy atom. The fourth-order valence-electron chi connectivity index (χ4n) is 3.15. The van der Waals surface area contributed by atoms with Crippen molar-refractivity contribution in [1.29, 1.82) is 0 Å². The average Bonchev–Trinajstić information content (AvgIpc) is 2.80. The molecule has 174 valence electrons. The second kappa shape index (κ2) is 9.68. The van der Waals surface area contributed by atoms with E-state index in [1.807, 2.05) is 0 Å². The minimum Gasteiger partial charge on any atom is -0.379 e. The van der Waals surface area contributed by atoms with Gasteiger partial charge >= 0.3 is 20.2 Å². The first-order chi connectivity index (χ1) is 16.2. The number of halogens is 2. The zero-order valence-electron chi connectivity index (χ0n) is 17.3. The van der Waals surface area contributed by atoms with Gasteiger partial charge in [0.15, 0.2) is 0 Å². The van der Waals surface area contributed by atoms with Gasteiger partial charge in [-0.1, -0.05) is 71.7 Å². The van der Waals surface area contributed by atoms with Crippen LogP contribution in [-0.4, -0.2) is 16.8 Å². The Morgan fingerprint density at radius 2 is 0.853 bits per heavy atom. The van der Waals surface area contributed by atoms with Gasteiger partial charge < -0.3 is 8.37 Å². The van der Waals surface area contributed by atoms with Crippen molar-refractivity contribution >= 4 is 43.4 Å². The largest absolute Gasteiger partial charge is 0.379 e. The second-order valence-corrected chi connectivity index (χ2v) is 10.9. The van der Waals surface area contributed by atoms with Crippen LogP contribution in [0.4, 0.5) is 0 Å². The van der Waals surface area contributed by atoms with Crippen molar-refractivity contribution in [3.63, 3.8) is 0 Å². The van der Waals surface area contributed by atoms with Gasteiger partial charge in [-0.15, -0.1) is 0 Å². The molecule has 4 aromatic rings. The molecule has 34 heavy (non-hydrogen) atoms. The van der Waals surface area contributed by atoms with E-state index in [1.54, 1.807) is 36.4 Å². The van der Waals surface area contributed by atoms with Crippen molar-refractivity contribution in [2.24, 2.45) is 0 Å². The Bertz CT molecular complexity index is 1420. The van der Waals surface area contributed by atoms with Gasteiger partial charge in [-0.3, -0.25) is 0 Å². The minimum atomic E-state index is -4.40. The molecule has 0 spiro atoms. The molecule has 0 aromatic heterocycles. The van der Waals surface area contributed by atoms with Crippen molar-refractivity contribution in [2.45, 2.75) is 9.79 Å². The smallest absolute Gasteiger partial charge is 0.339 e. The number of rotatable bonds is 7. The standard InChI is InChI=1S/C24H16Cl2O6S2/c25-17-11-13-21(23(15-17)33(27,28)31-19-7-3-1-4-8-19)22-14-12-18(26)16-24(22)34(29,30)32-20-9-5-2-6-10-20/h1-16H. The Hall–Kier alpha value is -3.04. The molecule has 10 heteroatoms. The van der Waals surface area contributed by atoms with E-state index in [0.29, 0.717) is 0 Å². The molecule has 0 N–H and O–H groups in total. The summed E-state index contributed by atoms with van der Waals surface area (Å²) in [5.41, 5.74) is 0.0967. The summed E-state index contributed by atoms with van der Waals surface area (Å²) in [6.07, 6.45) is 0. The van der Waals surface area contributed by atoms with E-state index in [1.165, 1.54) is 60.7 Å². The van der Waals surface area contributed by atoms with Crippen molar-refractivity contribution in [1.82, 2.24) is 0 Å². The van der Waals surface area contributed by atoms with Gasteiger partial charge in [0.25, 0.3) is 0 Å². The van der Waals surface area contributed by atoms with Gasteiger partial charge in [0.05, 0.1) is 0 Å². The number of benzene rings is 4. The van der Waals surface area contributed by atoms with Crippen LogP contribution >= 0.6 is 23.2 Å². The molecule has 0 saturated heterocycles. The molecule has 0 aliphatic carbocycles. The summed E-state index contributed by atoms with van der Waals surface area (Å²) < 4.78 is 63.2. The minimum absolute atomic E-state index is 0.0484. The lowest BCUT2D eigenvalue weighted by atomic mass is 10.1. The summed E-state index contributed by atoms with van der Waals surface area (Å²) in [5.74, 6) is 0.176. The molecule has 0 radical (unpaired) electrons. The van der Waals surface area contributed by atoms with Crippen molar-refractivity contribution in [3.8, 4) is 22.6 Å². The van der Waals surface area contributed by atoms with Crippen LogP contribution in [0.15, 0.2) is 107 Å². The maximum absolute atomic E-state index is 13.2. The van der Waals surface area contributed by atoms with E-state index in [-0.39, 0.29) is 42.5 Å². The third-order valence-corrected chi connectivity index (χ3v) is 7.66. The van der Waals surface area contributed by atoms with E-state index >= 15 is 0 Å². The molecule has 4 rings (SSSR count). The van der Waals surface area contributed by atoms with Crippen LogP contribution in [0.25, 0.3) is 11.1 Å². The molecule has 4 aromatic carbocycles. The lowest BCUT2D eigenvalue weighted by Gasteiger charge is -2.16. The monoisotopic (exact) mass is 534 g/mol. The molecule has 0 amide bonds. The first-order valence-corrected chi connectivity index (χ1v) is 13.3.